The van der Waals surface area contributed by atoms with E-state index in [1.807, 2.05) is 38.1 Å². The Morgan fingerprint density at radius 3 is 2.75 bits per heavy atom. The maximum absolute atomic E-state index is 13.1. The highest BCUT2D eigenvalue weighted by Gasteiger charge is 2.52. The number of carbonyl (C=O) groups is 3. The zero-order valence-electron chi connectivity index (χ0n) is 15.9. The highest BCUT2D eigenvalue weighted by atomic mass is 16.2. The molecule has 1 fully saturated rings. The molecule has 1 saturated heterocycles. The van der Waals surface area contributed by atoms with Crippen LogP contribution in [0.1, 0.15) is 42.2 Å². The van der Waals surface area contributed by atoms with E-state index in [1.165, 1.54) is 0 Å². The first-order valence-corrected chi connectivity index (χ1v) is 9.38. The van der Waals surface area contributed by atoms with E-state index in [9.17, 15) is 14.4 Å². The molecule has 3 heterocycles. The zero-order chi connectivity index (χ0) is 19.9. The van der Waals surface area contributed by atoms with Crippen LogP contribution in [-0.2, 0) is 9.59 Å². The van der Waals surface area contributed by atoms with Gasteiger partial charge in [0, 0.05) is 25.1 Å². The lowest BCUT2D eigenvalue weighted by Gasteiger charge is -2.48. The van der Waals surface area contributed by atoms with Gasteiger partial charge in [-0.3, -0.25) is 19.3 Å². The molecule has 0 aliphatic carbocycles. The van der Waals surface area contributed by atoms with Crippen molar-refractivity contribution in [3.63, 3.8) is 0 Å². The number of pyridine rings is 1. The summed E-state index contributed by atoms with van der Waals surface area (Å²) in [4.78, 5) is 45.7. The Bertz CT molecular complexity index is 974. The molecule has 2 aliphatic rings. The maximum atomic E-state index is 13.1. The number of hydrogen-bond acceptors (Lipinski definition) is 4. The molecule has 4 rings (SSSR count). The summed E-state index contributed by atoms with van der Waals surface area (Å²) in [7, 11) is 0. The Kier molecular flexibility index (Phi) is 4.37. The van der Waals surface area contributed by atoms with Gasteiger partial charge < -0.3 is 10.2 Å². The third kappa shape index (κ3) is 2.93. The average Bonchev–Trinajstić information content (AvgIpc) is 2.97. The Labute approximate surface area is 163 Å². The molecule has 1 N–H and O–H groups in total. The number of benzene rings is 1. The first-order valence-electron chi connectivity index (χ1n) is 9.38. The lowest BCUT2D eigenvalue weighted by atomic mass is 9.98. The number of anilines is 2. The van der Waals surface area contributed by atoms with Crippen LogP contribution in [0.5, 0.6) is 0 Å². The van der Waals surface area contributed by atoms with Gasteiger partial charge in [-0.2, -0.15) is 0 Å². The molecule has 1 atom stereocenters. The molecule has 2 aromatic rings. The number of hydrogen-bond donors (Lipinski definition) is 1. The van der Waals surface area contributed by atoms with Crippen LogP contribution >= 0.6 is 0 Å². The summed E-state index contributed by atoms with van der Waals surface area (Å²) in [6.07, 6.45) is 1.06. The van der Waals surface area contributed by atoms with Gasteiger partial charge in [-0.25, -0.2) is 4.98 Å². The third-order valence-electron chi connectivity index (χ3n) is 5.46. The maximum Gasteiger partial charge on any atom is 0.257 e. The summed E-state index contributed by atoms with van der Waals surface area (Å²) in [5, 5.41) is 2.77. The molecule has 1 aromatic heterocycles. The van der Waals surface area contributed by atoms with Gasteiger partial charge in [0.05, 0.1) is 11.3 Å². The molecule has 0 bridgehead atoms. The first kappa shape index (κ1) is 18.2. The molecule has 7 heteroatoms. The smallest absolute Gasteiger partial charge is 0.257 e. The van der Waals surface area contributed by atoms with E-state index in [1.54, 1.807) is 28.0 Å². The monoisotopic (exact) mass is 378 g/mol. The molecule has 1 aromatic carbocycles. The minimum absolute atomic E-state index is 0.000798. The lowest BCUT2D eigenvalue weighted by molar-refractivity contribution is -0.117. The molecule has 7 nitrogen and oxygen atoms in total. The number of fused-ring (bicyclic) bond motifs is 3. The fraction of sp³-hybridized carbons (Fsp3) is 0.333. The average molecular weight is 378 g/mol. The van der Waals surface area contributed by atoms with Crippen molar-refractivity contribution in [1.82, 2.24) is 9.88 Å². The Hall–Kier alpha value is -3.22. The molecule has 0 radical (unpaired) electrons. The molecule has 144 valence electrons. The normalized spacial score (nSPS) is 20.8. The molecular formula is C21H22N4O3. The zero-order valence-corrected chi connectivity index (χ0v) is 15.9. The predicted molar refractivity (Wildman–Crippen MR) is 105 cm³/mol. The number of aromatic nitrogens is 1. The molecular weight excluding hydrogens is 356 g/mol. The van der Waals surface area contributed by atoms with E-state index in [0.717, 1.165) is 5.69 Å². The van der Waals surface area contributed by atoms with E-state index in [2.05, 4.69) is 10.3 Å². The van der Waals surface area contributed by atoms with Gasteiger partial charge in [0.15, 0.2) is 0 Å². The number of nitrogens with one attached hydrogen (secondary N) is 1. The topological polar surface area (TPSA) is 82.6 Å². The number of nitrogens with zero attached hydrogens (tertiary/aromatic N) is 3. The second kappa shape index (κ2) is 6.74. The fourth-order valence-corrected chi connectivity index (χ4v) is 4.07. The Morgan fingerprint density at radius 1 is 1.18 bits per heavy atom. The first-order chi connectivity index (χ1) is 13.4. The van der Waals surface area contributed by atoms with E-state index < -0.39 is 5.66 Å². The molecule has 0 saturated carbocycles. The van der Waals surface area contributed by atoms with Crippen LogP contribution in [0.4, 0.5) is 11.5 Å². The van der Waals surface area contributed by atoms with Gasteiger partial charge in [0.25, 0.3) is 5.91 Å². The highest BCUT2D eigenvalue weighted by Crippen LogP contribution is 2.43. The van der Waals surface area contributed by atoms with Gasteiger partial charge in [-0.1, -0.05) is 18.2 Å². The van der Waals surface area contributed by atoms with E-state index in [4.69, 9.17) is 0 Å². The van der Waals surface area contributed by atoms with Crippen molar-refractivity contribution in [2.45, 2.75) is 38.8 Å². The fourth-order valence-electron chi connectivity index (χ4n) is 4.07. The van der Waals surface area contributed by atoms with Gasteiger partial charge in [0.1, 0.15) is 11.5 Å². The number of aryl methyl sites for hydroxylation is 1. The van der Waals surface area contributed by atoms with Crippen LogP contribution < -0.4 is 10.2 Å². The largest absolute Gasteiger partial charge is 0.315 e. The van der Waals surface area contributed by atoms with Crippen molar-refractivity contribution < 1.29 is 14.4 Å². The molecule has 0 spiro atoms. The van der Waals surface area contributed by atoms with E-state index >= 15 is 0 Å². The second-order valence-electron chi connectivity index (χ2n) is 7.38. The summed E-state index contributed by atoms with van der Waals surface area (Å²) < 4.78 is 0. The van der Waals surface area contributed by atoms with Gasteiger partial charge in [0.2, 0.25) is 11.8 Å². The minimum Gasteiger partial charge on any atom is -0.315 e. The van der Waals surface area contributed by atoms with Crippen molar-refractivity contribution in [3.05, 3.63) is 53.7 Å². The SMILES string of the molecule is Cc1cccc(NC(=O)CCN2C(=O)c3ccccc3N3C(=O)CCC23C)n1. The van der Waals surface area contributed by atoms with E-state index in [0.29, 0.717) is 29.9 Å². The number of carbonyl (C=O) groups excluding carboxylic acids is 3. The van der Waals surface area contributed by atoms with Crippen LogP contribution in [0.2, 0.25) is 0 Å². The van der Waals surface area contributed by atoms with Crippen LogP contribution in [0, 0.1) is 6.92 Å². The highest BCUT2D eigenvalue weighted by molar-refractivity contribution is 6.10. The number of rotatable bonds is 4. The van der Waals surface area contributed by atoms with E-state index in [-0.39, 0.29) is 30.7 Å². The number of para-hydroxylation sites is 1. The Morgan fingerprint density at radius 2 is 1.96 bits per heavy atom. The quantitative estimate of drug-likeness (QED) is 0.887. The summed E-state index contributed by atoms with van der Waals surface area (Å²) >= 11 is 0. The Balaban J connectivity index is 1.55. The van der Waals surface area contributed by atoms with Gasteiger partial charge in [-0.15, -0.1) is 0 Å². The summed E-state index contributed by atoms with van der Waals surface area (Å²) in [6, 6.07) is 12.6. The third-order valence-corrected chi connectivity index (χ3v) is 5.46. The number of amides is 3. The minimum atomic E-state index is -0.746. The van der Waals surface area contributed by atoms with Crippen molar-refractivity contribution in [3.8, 4) is 0 Å². The van der Waals surface area contributed by atoms with Gasteiger partial charge in [-0.05, 0) is 44.5 Å². The van der Waals surface area contributed by atoms with Crippen LogP contribution in [0.15, 0.2) is 42.5 Å². The summed E-state index contributed by atoms with van der Waals surface area (Å²) in [6.45, 7) is 3.98. The standard InChI is InChI=1S/C21H22N4O3/c1-14-6-5-9-17(22-14)23-18(26)11-13-24-20(28)15-7-3-4-8-16(15)25-19(27)10-12-21(24,25)2/h3-9H,10-13H2,1-2H3,(H,22,23,26). The summed E-state index contributed by atoms with van der Waals surface area (Å²) in [5.74, 6) is 0.125. The van der Waals surface area contributed by atoms with Crippen LogP contribution in [0.3, 0.4) is 0 Å². The van der Waals surface area contributed by atoms with Crippen LogP contribution in [-0.4, -0.2) is 39.8 Å². The summed E-state index contributed by atoms with van der Waals surface area (Å²) in [5.41, 5.74) is 1.22. The van der Waals surface area contributed by atoms with Crippen molar-refractivity contribution >= 4 is 29.2 Å². The van der Waals surface area contributed by atoms with Crippen molar-refractivity contribution in [2.75, 3.05) is 16.8 Å². The second-order valence-corrected chi connectivity index (χ2v) is 7.38. The molecule has 28 heavy (non-hydrogen) atoms. The van der Waals surface area contributed by atoms with Crippen molar-refractivity contribution in [2.24, 2.45) is 0 Å². The predicted octanol–water partition coefficient (Wildman–Crippen LogP) is 2.72. The molecule has 2 aliphatic heterocycles. The van der Waals surface area contributed by atoms with Gasteiger partial charge >= 0.3 is 0 Å². The molecule has 1 unspecified atom stereocenters. The van der Waals surface area contributed by atoms with Crippen molar-refractivity contribution in [1.29, 1.82) is 0 Å². The van der Waals surface area contributed by atoms with Crippen LogP contribution in [0.25, 0.3) is 0 Å². The lowest BCUT2D eigenvalue weighted by Crippen LogP contribution is -2.62. The molecule has 3 amide bonds.